The summed E-state index contributed by atoms with van der Waals surface area (Å²) in [5.74, 6) is -0.0170. The van der Waals surface area contributed by atoms with E-state index in [4.69, 9.17) is 26.6 Å². The zero-order valence-corrected chi connectivity index (χ0v) is 30.2. The minimum Gasteiger partial charge on any atom is -0.353 e. The second kappa shape index (κ2) is 14.6. The SMILES string of the molecule is C=CC(=O)N1C[C@H](C)N(c2nc(=O)n(-c3c(C(C)C)nc(NCCN(C)C)nc3C(C)C)c3nc(-c4ccccc4F)c(Cl)cc23)C[C@H]1C. The van der Waals surface area contributed by atoms with E-state index in [9.17, 15) is 9.59 Å². The Labute approximate surface area is 291 Å². The zero-order valence-electron chi connectivity index (χ0n) is 29.5. The maximum Gasteiger partial charge on any atom is 0.355 e. The first-order chi connectivity index (χ1) is 23.2. The number of likely N-dealkylation sites (N-methyl/N-ethyl adjacent to an activating group) is 1. The van der Waals surface area contributed by atoms with Crippen LogP contribution in [0, 0.1) is 5.82 Å². The van der Waals surface area contributed by atoms with Crippen molar-refractivity contribution in [2.45, 2.75) is 65.5 Å². The van der Waals surface area contributed by atoms with Gasteiger partial charge in [-0.1, -0.05) is 58.0 Å². The lowest BCUT2D eigenvalue weighted by molar-refractivity contribution is -0.128. The highest BCUT2D eigenvalue weighted by Gasteiger charge is 2.34. The number of nitrogens with zero attached hydrogens (tertiary/aromatic N) is 8. The molecule has 5 rings (SSSR count). The maximum absolute atomic E-state index is 15.2. The number of rotatable bonds is 10. The van der Waals surface area contributed by atoms with Crippen molar-refractivity contribution in [2.75, 3.05) is 50.5 Å². The summed E-state index contributed by atoms with van der Waals surface area (Å²) in [7, 11) is 3.99. The monoisotopic (exact) mass is 689 g/mol. The Morgan fingerprint density at radius 3 is 2.31 bits per heavy atom. The highest BCUT2D eigenvalue weighted by atomic mass is 35.5. The lowest BCUT2D eigenvalue weighted by Gasteiger charge is -2.44. The van der Waals surface area contributed by atoms with Crippen LogP contribution in [0.5, 0.6) is 0 Å². The Morgan fingerprint density at radius 2 is 1.71 bits per heavy atom. The molecule has 1 N–H and O–H groups in total. The van der Waals surface area contributed by atoms with Gasteiger partial charge in [-0.2, -0.15) is 4.98 Å². The first-order valence-electron chi connectivity index (χ1n) is 16.6. The summed E-state index contributed by atoms with van der Waals surface area (Å²) in [5.41, 5.74) is 1.85. The van der Waals surface area contributed by atoms with Gasteiger partial charge in [0.1, 0.15) is 11.6 Å². The van der Waals surface area contributed by atoms with Crippen LogP contribution in [-0.4, -0.2) is 92.6 Å². The van der Waals surface area contributed by atoms with Crippen LogP contribution in [-0.2, 0) is 4.79 Å². The number of benzene rings is 1. The molecule has 2 atom stereocenters. The largest absolute Gasteiger partial charge is 0.355 e. The minimum absolute atomic E-state index is 0.110. The van der Waals surface area contributed by atoms with E-state index in [1.165, 1.54) is 16.7 Å². The topological polar surface area (TPSA) is 112 Å². The maximum atomic E-state index is 15.2. The van der Waals surface area contributed by atoms with E-state index in [-0.39, 0.29) is 51.8 Å². The molecule has 0 radical (unpaired) electrons. The molecule has 4 heterocycles. The van der Waals surface area contributed by atoms with Crippen LogP contribution in [0.1, 0.15) is 64.8 Å². The molecule has 0 spiro atoms. The van der Waals surface area contributed by atoms with Gasteiger partial charge >= 0.3 is 5.69 Å². The molecule has 0 bridgehead atoms. The first-order valence-corrected chi connectivity index (χ1v) is 17.0. The fourth-order valence-corrected chi connectivity index (χ4v) is 6.46. The summed E-state index contributed by atoms with van der Waals surface area (Å²) in [4.78, 5) is 52.4. The van der Waals surface area contributed by atoms with E-state index in [0.29, 0.717) is 53.9 Å². The van der Waals surface area contributed by atoms with Crippen molar-refractivity contribution in [1.29, 1.82) is 0 Å². The number of pyridine rings is 1. The molecule has 1 aliphatic heterocycles. The lowest BCUT2D eigenvalue weighted by Crippen LogP contribution is -2.58. The average Bonchev–Trinajstić information content (AvgIpc) is 3.05. The Kier molecular flexibility index (Phi) is 10.7. The molecule has 1 amide bonds. The third-order valence-electron chi connectivity index (χ3n) is 8.74. The highest BCUT2D eigenvalue weighted by Crippen LogP contribution is 2.37. The number of amides is 1. The fourth-order valence-electron chi connectivity index (χ4n) is 6.21. The lowest BCUT2D eigenvalue weighted by atomic mass is 10.0. The van der Waals surface area contributed by atoms with Gasteiger partial charge in [0.25, 0.3) is 0 Å². The Morgan fingerprint density at radius 1 is 1.06 bits per heavy atom. The summed E-state index contributed by atoms with van der Waals surface area (Å²) < 4.78 is 16.7. The van der Waals surface area contributed by atoms with Gasteiger partial charge in [-0.05, 0) is 64.1 Å². The molecule has 0 saturated carbocycles. The first kappa shape index (κ1) is 35.9. The Hall–Kier alpha value is -4.42. The minimum atomic E-state index is -0.582. The molecule has 1 fully saturated rings. The standard InChI is InChI=1S/C36H45ClFN9O2/c1-10-28(48)45-18-23(7)46(19-22(45)6)33-25-17-26(37)31(24-13-11-12-14-27(24)38)40-34(25)47(36(49)43-33)32-29(20(2)3)41-35(39-15-16-44(8)9)42-30(32)21(4)5/h10-14,17,20-23H,1,15-16,18-19H2,2-9H3,(H,39,41,42)/t22-,23+/m1/s1. The van der Waals surface area contributed by atoms with Crippen LogP contribution in [0.25, 0.3) is 28.0 Å². The van der Waals surface area contributed by atoms with Crippen molar-refractivity contribution >= 4 is 40.3 Å². The van der Waals surface area contributed by atoms with Crippen molar-refractivity contribution in [2.24, 2.45) is 0 Å². The number of anilines is 2. The van der Waals surface area contributed by atoms with Gasteiger partial charge in [-0.3, -0.25) is 4.79 Å². The van der Waals surface area contributed by atoms with E-state index < -0.39 is 11.5 Å². The third kappa shape index (κ3) is 7.16. The molecule has 1 aromatic carbocycles. The van der Waals surface area contributed by atoms with Crippen molar-refractivity contribution in [1.82, 2.24) is 34.3 Å². The average molecular weight is 690 g/mol. The summed E-state index contributed by atoms with van der Waals surface area (Å²) in [6, 6.07) is 7.57. The molecule has 1 aliphatic rings. The third-order valence-corrected chi connectivity index (χ3v) is 9.03. The number of nitrogens with one attached hydrogen (secondary N) is 1. The van der Waals surface area contributed by atoms with Crippen molar-refractivity contribution in [3.8, 4) is 16.9 Å². The smallest absolute Gasteiger partial charge is 0.353 e. The van der Waals surface area contributed by atoms with E-state index in [0.717, 1.165) is 6.54 Å². The Bertz CT molecular complexity index is 1920. The summed E-state index contributed by atoms with van der Waals surface area (Å²) >= 11 is 6.90. The van der Waals surface area contributed by atoms with Crippen molar-refractivity contribution in [3.05, 3.63) is 75.7 Å². The highest BCUT2D eigenvalue weighted by molar-refractivity contribution is 6.33. The molecule has 11 nitrogen and oxygen atoms in total. The molecule has 0 aliphatic carbocycles. The van der Waals surface area contributed by atoms with Crippen LogP contribution >= 0.6 is 11.6 Å². The molecule has 49 heavy (non-hydrogen) atoms. The molecule has 4 aromatic rings. The van der Waals surface area contributed by atoms with Gasteiger partial charge in [0, 0.05) is 43.8 Å². The number of fused-ring (bicyclic) bond motifs is 1. The molecular weight excluding hydrogens is 645 g/mol. The number of hydrogen-bond donors (Lipinski definition) is 1. The summed E-state index contributed by atoms with van der Waals surface area (Å²) in [6.45, 7) is 17.8. The van der Waals surface area contributed by atoms with E-state index in [1.54, 1.807) is 29.2 Å². The number of halogens is 2. The van der Waals surface area contributed by atoms with E-state index in [2.05, 4.69) is 21.8 Å². The van der Waals surface area contributed by atoms with Gasteiger partial charge in [0.05, 0.1) is 33.2 Å². The Balaban J connectivity index is 1.82. The van der Waals surface area contributed by atoms with Crippen LogP contribution in [0.2, 0.25) is 5.02 Å². The van der Waals surface area contributed by atoms with E-state index >= 15 is 4.39 Å². The van der Waals surface area contributed by atoms with Crippen molar-refractivity contribution in [3.63, 3.8) is 0 Å². The fraction of sp³-hybridized carbons (Fsp3) is 0.444. The molecule has 0 unspecified atom stereocenters. The summed E-state index contributed by atoms with van der Waals surface area (Å²) in [5, 5.41) is 4.05. The number of hydrogen-bond acceptors (Lipinski definition) is 9. The van der Waals surface area contributed by atoms with Crippen molar-refractivity contribution < 1.29 is 9.18 Å². The normalized spacial score (nSPS) is 16.7. The number of piperazine rings is 1. The molecule has 13 heteroatoms. The number of carbonyl (C=O) groups is 1. The molecule has 260 valence electrons. The van der Waals surface area contributed by atoms with Crippen LogP contribution in [0.3, 0.4) is 0 Å². The second-order valence-electron chi connectivity index (χ2n) is 13.5. The zero-order chi connectivity index (χ0) is 35.7. The molecular formula is C36H45ClFN9O2. The number of aromatic nitrogens is 5. The van der Waals surface area contributed by atoms with Gasteiger partial charge in [-0.25, -0.2) is 28.7 Å². The molecule has 1 saturated heterocycles. The predicted molar refractivity (Wildman–Crippen MR) is 195 cm³/mol. The van der Waals surface area contributed by atoms with E-state index in [1.807, 2.05) is 60.5 Å². The van der Waals surface area contributed by atoms with Gasteiger partial charge in [0.15, 0.2) is 5.65 Å². The quantitative estimate of drug-likeness (QED) is 0.205. The van der Waals surface area contributed by atoms with Gasteiger partial charge < -0.3 is 20.0 Å². The van der Waals surface area contributed by atoms with Crippen LogP contribution in [0.15, 0.2) is 47.8 Å². The molecule has 3 aromatic heterocycles. The van der Waals surface area contributed by atoms with Crippen LogP contribution < -0.4 is 15.9 Å². The van der Waals surface area contributed by atoms with Gasteiger partial charge in [0.2, 0.25) is 11.9 Å². The van der Waals surface area contributed by atoms with Crippen LogP contribution in [0.4, 0.5) is 16.2 Å². The number of carbonyl (C=O) groups excluding carboxylic acids is 1. The van der Waals surface area contributed by atoms with Gasteiger partial charge in [-0.15, -0.1) is 0 Å². The second-order valence-corrected chi connectivity index (χ2v) is 13.9. The summed E-state index contributed by atoms with van der Waals surface area (Å²) in [6.07, 6.45) is 1.31. The predicted octanol–water partition coefficient (Wildman–Crippen LogP) is 5.86.